The molecule has 19 heavy (non-hydrogen) atoms. The molecule has 3 amide bonds. The number of amides is 3. The van der Waals surface area contributed by atoms with E-state index in [0.29, 0.717) is 36.6 Å². The van der Waals surface area contributed by atoms with E-state index in [4.69, 9.17) is 0 Å². The fourth-order valence-corrected chi connectivity index (χ4v) is 2.87. The van der Waals surface area contributed by atoms with E-state index >= 15 is 0 Å². The van der Waals surface area contributed by atoms with E-state index in [9.17, 15) is 9.59 Å². The number of hydrogen-bond acceptors (Lipinski definition) is 3. The minimum Gasteiger partial charge on any atom is -0.336 e. The summed E-state index contributed by atoms with van der Waals surface area (Å²) in [5.74, 6) is -0.00963. The second kappa shape index (κ2) is 4.77. The Hall–Kier alpha value is -1.69. The van der Waals surface area contributed by atoms with Gasteiger partial charge in [0.05, 0.1) is 11.6 Å². The number of carbonyl (C=O) groups excluding carboxylic acids is 2. The summed E-state index contributed by atoms with van der Waals surface area (Å²) in [6.45, 7) is 2.37. The molecule has 0 spiro atoms. The van der Waals surface area contributed by atoms with Gasteiger partial charge in [-0.05, 0) is 12.1 Å². The molecule has 100 valence electrons. The molecule has 0 aliphatic carbocycles. The molecule has 3 rings (SSSR count). The highest BCUT2D eigenvalue weighted by Gasteiger charge is 2.37. The van der Waals surface area contributed by atoms with Gasteiger partial charge in [0.1, 0.15) is 0 Å². The zero-order valence-electron chi connectivity index (χ0n) is 10.4. The minimum absolute atomic E-state index is 0.00963. The zero-order chi connectivity index (χ0) is 13.4. The number of nitrogens with zero attached hydrogens (tertiary/aromatic N) is 2. The fraction of sp³-hybridized carbons (Fsp3) is 0.385. The van der Waals surface area contributed by atoms with E-state index in [1.807, 2.05) is 18.2 Å². The Balaban J connectivity index is 1.76. The lowest BCUT2D eigenvalue weighted by atomic mass is 10.1. The van der Waals surface area contributed by atoms with Gasteiger partial charge in [0.25, 0.3) is 5.91 Å². The molecule has 1 N–H and O–H groups in total. The van der Waals surface area contributed by atoms with Gasteiger partial charge in [0, 0.05) is 31.1 Å². The van der Waals surface area contributed by atoms with E-state index in [1.165, 1.54) is 0 Å². The van der Waals surface area contributed by atoms with Gasteiger partial charge in [0.2, 0.25) is 0 Å². The van der Waals surface area contributed by atoms with E-state index in [1.54, 1.807) is 15.9 Å². The highest BCUT2D eigenvalue weighted by Crippen LogP contribution is 2.19. The Morgan fingerprint density at radius 2 is 2.11 bits per heavy atom. The smallest absolute Gasteiger partial charge is 0.317 e. The number of urea groups is 1. The first-order chi connectivity index (χ1) is 9.16. The Morgan fingerprint density at radius 1 is 1.32 bits per heavy atom. The van der Waals surface area contributed by atoms with Crippen LogP contribution in [0.1, 0.15) is 10.4 Å². The normalized spacial score (nSPS) is 22.2. The molecule has 2 heterocycles. The SMILES string of the molecule is O=C(c1ccccc1S)N1CCN2C(=O)NCC2C1. The molecular formula is C13H15N3O2S. The molecule has 1 aromatic carbocycles. The lowest BCUT2D eigenvalue weighted by molar-refractivity contribution is 0.0613. The van der Waals surface area contributed by atoms with Crippen molar-refractivity contribution in [3.05, 3.63) is 29.8 Å². The van der Waals surface area contributed by atoms with Crippen molar-refractivity contribution in [2.45, 2.75) is 10.9 Å². The monoisotopic (exact) mass is 277 g/mol. The summed E-state index contributed by atoms with van der Waals surface area (Å²) in [6, 6.07) is 7.37. The number of thiol groups is 1. The minimum atomic E-state index is -0.0216. The number of benzene rings is 1. The van der Waals surface area contributed by atoms with Crippen LogP contribution in [-0.4, -0.2) is 54.0 Å². The topological polar surface area (TPSA) is 52.7 Å². The average Bonchev–Trinajstić information content (AvgIpc) is 2.80. The second-order valence-electron chi connectivity index (χ2n) is 4.80. The van der Waals surface area contributed by atoms with Crippen LogP contribution in [0.3, 0.4) is 0 Å². The molecule has 6 heteroatoms. The largest absolute Gasteiger partial charge is 0.336 e. The molecular weight excluding hydrogens is 262 g/mol. The van der Waals surface area contributed by atoms with Crippen LogP contribution in [0, 0.1) is 0 Å². The van der Waals surface area contributed by atoms with E-state index in [-0.39, 0.29) is 18.0 Å². The molecule has 1 unspecified atom stereocenters. The number of rotatable bonds is 1. The van der Waals surface area contributed by atoms with Crippen molar-refractivity contribution in [1.29, 1.82) is 0 Å². The Bertz CT molecular complexity index is 534. The van der Waals surface area contributed by atoms with Crippen LogP contribution in [0.5, 0.6) is 0 Å². The molecule has 1 atom stereocenters. The Morgan fingerprint density at radius 3 is 2.89 bits per heavy atom. The summed E-state index contributed by atoms with van der Waals surface area (Å²) in [7, 11) is 0. The summed E-state index contributed by atoms with van der Waals surface area (Å²) in [4.78, 5) is 28.2. The first kappa shape index (κ1) is 12.3. The van der Waals surface area contributed by atoms with Gasteiger partial charge < -0.3 is 15.1 Å². The molecule has 2 aliphatic rings. The number of piperazine rings is 1. The van der Waals surface area contributed by atoms with Gasteiger partial charge in [-0.3, -0.25) is 4.79 Å². The summed E-state index contributed by atoms with van der Waals surface area (Å²) in [5.41, 5.74) is 0.622. The molecule has 1 aromatic rings. The zero-order valence-corrected chi connectivity index (χ0v) is 11.3. The third kappa shape index (κ3) is 2.16. The Kier molecular flexibility index (Phi) is 3.10. The van der Waals surface area contributed by atoms with Crippen LogP contribution in [0.4, 0.5) is 4.79 Å². The van der Waals surface area contributed by atoms with Gasteiger partial charge in [-0.1, -0.05) is 12.1 Å². The molecule has 2 saturated heterocycles. The average molecular weight is 277 g/mol. The molecule has 0 aromatic heterocycles. The summed E-state index contributed by atoms with van der Waals surface area (Å²) in [6.07, 6.45) is 0. The summed E-state index contributed by atoms with van der Waals surface area (Å²) >= 11 is 4.32. The second-order valence-corrected chi connectivity index (χ2v) is 5.28. The van der Waals surface area contributed by atoms with Crippen LogP contribution in [0.25, 0.3) is 0 Å². The Labute approximate surface area is 117 Å². The van der Waals surface area contributed by atoms with Crippen LogP contribution in [-0.2, 0) is 0 Å². The number of hydrogen-bond donors (Lipinski definition) is 2. The molecule has 2 fully saturated rings. The van der Waals surface area contributed by atoms with Crippen LogP contribution in [0.15, 0.2) is 29.2 Å². The van der Waals surface area contributed by atoms with Crippen molar-refractivity contribution in [2.24, 2.45) is 0 Å². The fourth-order valence-electron chi connectivity index (χ4n) is 2.61. The van der Waals surface area contributed by atoms with Crippen molar-refractivity contribution >= 4 is 24.6 Å². The molecule has 0 bridgehead atoms. The highest BCUT2D eigenvalue weighted by atomic mass is 32.1. The van der Waals surface area contributed by atoms with Gasteiger partial charge in [-0.15, -0.1) is 12.6 Å². The molecule has 2 aliphatic heterocycles. The van der Waals surface area contributed by atoms with Crippen LogP contribution in [0.2, 0.25) is 0 Å². The maximum absolute atomic E-state index is 12.4. The lowest BCUT2D eigenvalue weighted by Crippen LogP contribution is -2.53. The van der Waals surface area contributed by atoms with Crippen molar-refractivity contribution in [1.82, 2.24) is 15.1 Å². The highest BCUT2D eigenvalue weighted by molar-refractivity contribution is 7.80. The van der Waals surface area contributed by atoms with Crippen molar-refractivity contribution in [3.63, 3.8) is 0 Å². The number of carbonyl (C=O) groups is 2. The quantitative estimate of drug-likeness (QED) is 0.747. The van der Waals surface area contributed by atoms with Gasteiger partial charge in [-0.2, -0.15) is 0 Å². The van der Waals surface area contributed by atoms with Crippen molar-refractivity contribution < 1.29 is 9.59 Å². The maximum Gasteiger partial charge on any atom is 0.317 e. The lowest BCUT2D eigenvalue weighted by Gasteiger charge is -2.36. The van der Waals surface area contributed by atoms with Crippen molar-refractivity contribution in [2.75, 3.05) is 26.2 Å². The predicted octanol–water partition coefficient (Wildman–Crippen LogP) is 0.825. The summed E-state index contributed by atoms with van der Waals surface area (Å²) in [5, 5.41) is 2.81. The predicted molar refractivity (Wildman–Crippen MR) is 73.5 cm³/mol. The standard InChI is InChI=1S/C13H15N3O2S/c17-12(10-3-1-2-4-11(10)19)15-5-6-16-9(8-15)7-14-13(16)18/h1-4,9,19H,5-8H2,(H,14,18). The summed E-state index contributed by atoms with van der Waals surface area (Å²) < 4.78 is 0. The first-order valence-corrected chi connectivity index (χ1v) is 6.73. The number of fused-ring (bicyclic) bond motifs is 1. The number of nitrogens with one attached hydrogen (secondary N) is 1. The van der Waals surface area contributed by atoms with Gasteiger partial charge >= 0.3 is 6.03 Å². The molecule has 0 radical (unpaired) electrons. The van der Waals surface area contributed by atoms with E-state index in [0.717, 1.165) is 0 Å². The maximum atomic E-state index is 12.4. The molecule has 0 saturated carbocycles. The third-order valence-electron chi connectivity index (χ3n) is 3.65. The van der Waals surface area contributed by atoms with Gasteiger partial charge in [-0.25, -0.2) is 4.79 Å². The van der Waals surface area contributed by atoms with Crippen molar-refractivity contribution in [3.8, 4) is 0 Å². The first-order valence-electron chi connectivity index (χ1n) is 6.28. The van der Waals surface area contributed by atoms with E-state index < -0.39 is 0 Å². The van der Waals surface area contributed by atoms with Crippen LogP contribution >= 0.6 is 12.6 Å². The third-order valence-corrected chi connectivity index (χ3v) is 4.04. The van der Waals surface area contributed by atoms with Gasteiger partial charge in [0.15, 0.2) is 0 Å². The van der Waals surface area contributed by atoms with Crippen LogP contribution < -0.4 is 5.32 Å². The molecule has 5 nitrogen and oxygen atoms in total. The van der Waals surface area contributed by atoms with E-state index in [2.05, 4.69) is 17.9 Å².